The van der Waals surface area contributed by atoms with Crippen molar-refractivity contribution in [2.24, 2.45) is 0 Å². The molecule has 1 aliphatic heterocycles. The summed E-state index contributed by atoms with van der Waals surface area (Å²) in [5.74, 6) is -1.02. The lowest BCUT2D eigenvalue weighted by Crippen LogP contribution is -2.36. The molecule has 160 valence electrons. The van der Waals surface area contributed by atoms with Crippen molar-refractivity contribution in [3.63, 3.8) is 0 Å². The average Bonchev–Trinajstić information content (AvgIpc) is 3.35. The Morgan fingerprint density at radius 2 is 1.87 bits per heavy atom. The van der Waals surface area contributed by atoms with E-state index in [1.807, 2.05) is 24.3 Å². The van der Waals surface area contributed by atoms with E-state index >= 15 is 0 Å². The zero-order valence-electron chi connectivity index (χ0n) is 17.0. The topological polar surface area (TPSA) is 111 Å². The highest BCUT2D eigenvalue weighted by Crippen LogP contribution is 2.19. The minimum absolute atomic E-state index is 0.294. The molecule has 31 heavy (non-hydrogen) atoms. The standard InChI is InChI=1S/C21H22N6O4/c1-15(31-21(29)16-3-2-4-19(13-16)27-14-22-24-25-27)20(28)23-17-5-7-18(8-6-17)26-9-11-30-12-10-26/h2-8,13-15H,9-12H2,1H3,(H,23,28)/t15-/m1/s1. The summed E-state index contributed by atoms with van der Waals surface area (Å²) in [5, 5.41) is 13.7. The van der Waals surface area contributed by atoms with Gasteiger partial charge in [0.2, 0.25) is 0 Å². The van der Waals surface area contributed by atoms with E-state index in [2.05, 4.69) is 25.7 Å². The van der Waals surface area contributed by atoms with Gasteiger partial charge in [0.1, 0.15) is 6.33 Å². The van der Waals surface area contributed by atoms with Crippen molar-refractivity contribution in [2.75, 3.05) is 36.5 Å². The first-order chi connectivity index (χ1) is 15.1. The lowest BCUT2D eigenvalue weighted by Gasteiger charge is -2.28. The third-order valence-electron chi connectivity index (χ3n) is 4.86. The fourth-order valence-corrected chi connectivity index (χ4v) is 3.16. The number of rotatable bonds is 6. The first-order valence-corrected chi connectivity index (χ1v) is 9.88. The summed E-state index contributed by atoms with van der Waals surface area (Å²) in [5.41, 5.74) is 2.60. The van der Waals surface area contributed by atoms with Crippen molar-refractivity contribution in [1.29, 1.82) is 0 Å². The number of anilines is 2. The smallest absolute Gasteiger partial charge is 0.338 e. The number of nitrogens with one attached hydrogen (secondary N) is 1. The number of benzene rings is 2. The van der Waals surface area contributed by atoms with Crippen LogP contribution in [0.3, 0.4) is 0 Å². The van der Waals surface area contributed by atoms with Gasteiger partial charge < -0.3 is 19.7 Å². The van der Waals surface area contributed by atoms with Gasteiger partial charge in [-0.1, -0.05) is 6.07 Å². The summed E-state index contributed by atoms with van der Waals surface area (Å²) in [6.07, 6.45) is 0.452. The Kier molecular flexibility index (Phi) is 6.18. The molecule has 10 heteroatoms. The van der Waals surface area contributed by atoms with E-state index in [1.54, 1.807) is 24.3 Å². The van der Waals surface area contributed by atoms with E-state index in [0.29, 0.717) is 30.2 Å². The number of hydrogen-bond donors (Lipinski definition) is 1. The van der Waals surface area contributed by atoms with Crippen molar-refractivity contribution in [3.8, 4) is 5.69 Å². The van der Waals surface area contributed by atoms with E-state index in [0.717, 1.165) is 18.8 Å². The van der Waals surface area contributed by atoms with Crippen LogP contribution in [0.15, 0.2) is 54.9 Å². The molecule has 2 heterocycles. The zero-order valence-corrected chi connectivity index (χ0v) is 17.0. The van der Waals surface area contributed by atoms with Crippen LogP contribution >= 0.6 is 0 Å². The SMILES string of the molecule is C[C@@H](OC(=O)c1cccc(-n2cnnn2)c1)C(=O)Nc1ccc(N2CCOCC2)cc1. The average molecular weight is 422 g/mol. The second kappa shape index (κ2) is 9.35. The van der Waals surface area contributed by atoms with Gasteiger partial charge in [0.25, 0.3) is 5.91 Å². The number of amides is 1. The summed E-state index contributed by atoms with van der Waals surface area (Å²) in [6, 6.07) is 14.2. The summed E-state index contributed by atoms with van der Waals surface area (Å²) in [4.78, 5) is 27.2. The van der Waals surface area contributed by atoms with Gasteiger partial charge in [-0.25, -0.2) is 9.48 Å². The Bertz CT molecular complexity index is 1030. The number of aromatic nitrogens is 4. The van der Waals surface area contributed by atoms with Gasteiger partial charge >= 0.3 is 5.97 Å². The predicted octanol–water partition coefficient (Wildman–Crippen LogP) is 1.68. The lowest BCUT2D eigenvalue weighted by atomic mass is 10.2. The highest BCUT2D eigenvalue weighted by molar-refractivity contribution is 5.97. The Morgan fingerprint density at radius 3 is 2.58 bits per heavy atom. The molecule has 0 spiro atoms. The zero-order chi connectivity index (χ0) is 21.6. The minimum atomic E-state index is -0.969. The lowest BCUT2D eigenvalue weighted by molar-refractivity contribution is -0.123. The molecular formula is C21H22N6O4. The van der Waals surface area contributed by atoms with Crippen LogP contribution in [0.25, 0.3) is 5.69 Å². The van der Waals surface area contributed by atoms with Crippen LogP contribution in [0.2, 0.25) is 0 Å². The van der Waals surface area contributed by atoms with Crippen molar-refractivity contribution in [3.05, 3.63) is 60.4 Å². The molecule has 1 saturated heterocycles. The molecule has 1 aliphatic rings. The molecule has 2 aromatic carbocycles. The molecule has 1 fully saturated rings. The second-order valence-corrected chi connectivity index (χ2v) is 6.99. The number of hydrogen-bond acceptors (Lipinski definition) is 8. The van der Waals surface area contributed by atoms with Crippen molar-refractivity contribution < 1.29 is 19.1 Å². The van der Waals surface area contributed by atoms with Gasteiger partial charge in [0.05, 0.1) is 24.5 Å². The van der Waals surface area contributed by atoms with Gasteiger partial charge in [0.15, 0.2) is 6.10 Å². The number of carbonyl (C=O) groups is 2. The maximum atomic E-state index is 12.5. The number of nitrogens with zero attached hydrogens (tertiary/aromatic N) is 5. The number of carbonyl (C=O) groups excluding carboxylic acids is 2. The minimum Gasteiger partial charge on any atom is -0.449 e. The molecule has 1 atom stereocenters. The fraction of sp³-hybridized carbons (Fsp3) is 0.286. The van der Waals surface area contributed by atoms with Gasteiger partial charge in [-0.05, 0) is 59.8 Å². The van der Waals surface area contributed by atoms with E-state index in [4.69, 9.17) is 9.47 Å². The Morgan fingerprint density at radius 1 is 1.10 bits per heavy atom. The number of esters is 1. The molecular weight excluding hydrogens is 400 g/mol. The molecule has 1 N–H and O–H groups in total. The third-order valence-corrected chi connectivity index (χ3v) is 4.86. The number of tetrazole rings is 1. The van der Waals surface area contributed by atoms with E-state index in [1.165, 1.54) is 17.9 Å². The van der Waals surface area contributed by atoms with Gasteiger partial charge in [-0.2, -0.15) is 0 Å². The molecule has 1 aromatic heterocycles. The summed E-state index contributed by atoms with van der Waals surface area (Å²) < 4.78 is 12.1. The highest BCUT2D eigenvalue weighted by atomic mass is 16.5. The van der Waals surface area contributed by atoms with Crippen molar-refractivity contribution in [2.45, 2.75) is 13.0 Å². The van der Waals surface area contributed by atoms with Crippen LogP contribution in [-0.2, 0) is 14.3 Å². The van der Waals surface area contributed by atoms with Crippen LogP contribution < -0.4 is 10.2 Å². The van der Waals surface area contributed by atoms with Crippen LogP contribution in [0.5, 0.6) is 0 Å². The third kappa shape index (κ3) is 5.04. The number of ether oxygens (including phenoxy) is 2. The van der Waals surface area contributed by atoms with E-state index in [-0.39, 0.29) is 0 Å². The van der Waals surface area contributed by atoms with Crippen molar-refractivity contribution in [1.82, 2.24) is 20.2 Å². The Balaban J connectivity index is 1.34. The molecule has 4 rings (SSSR count). The van der Waals surface area contributed by atoms with Gasteiger partial charge in [-0.3, -0.25) is 4.79 Å². The predicted molar refractivity (Wildman–Crippen MR) is 112 cm³/mol. The first-order valence-electron chi connectivity index (χ1n) is 9.88. The van der Waals surface area contributed by atoms with Crippen LogP contribution in [0.4, 0.5) is 11.4 Å². The van der Waals surface area contributed by atoms with Crippen LogP contribution in [-0.4, -0.2) is 64.5 Å². The maximum Gasteiger partial charge on any atom is 0.338 e. The Labute approximate surface area is 178 Å². The van der Waals surface area contributed by atoms with Crippen LogP contribution in [0.1, 0.15) is 17.3 Å². The van der Waals surface area contributed by atoms with Gasteiger partial charge in [0, 0.05) is 24.5 Å². The molecule has 0 aliphatic carbocycles. The Hall–Kier alpha value is -3.79. The molecule has 0 bridgehead atoms. The van der Waals surface area contributed by atoms with E-state index < -0.39 is 18.0 Å². The largest absolute Gasteiger partial charge is 0.449 e. The number of morpholine rings is 1. The summed E-state index contributed by atoms with van der Waals surface area (Å²) in [7, 11) is 0. The molecule has 3 aromatic rings. The molecule has 1 amide bonds. The molecule has 10 nitrogen and oxygen atoms in total. The van der Waals surface area contributed by atoms with E-state index in [9.17, 15) is 9.59 Å². The quantitative estimate of drug-likeness (QED) is 0.598. The van der Waals surface area contributed by atoms with Crippen LogP contribution in [0, 0.1) is 0 Å². The molecule has 0 radical (unpaired) electrons. The van der Waals surface area contributed by atoms with Gasteiger partial charge in [-0.15, -0.1) is 5.10 Å². The molecule has 0 saturated carbocycles. The second-order valence-electron chi connectivity index (χ2n) is 6.99. The fourth-order valence-electron chi connectivity index (χ4n) is 3.16. The maximum absolute atomic E-state index is 12.5. The molecule has 0 unspecified atom stereocenters. The summed E-state index contributed by atoms with van der Waals surface area (Å²) >= 11 is 0. The monoisotopic (exact) mass is 422 g/mol. The summed E-state index contributed by atoms with van der Waals surface area (Å²) in [6.45, 7) is 4.63. The van der Waals surface area contributed by atoms with Crippen molar-refractivity contribution >= 4 is 23.3 Å². The highest BCUT2D eigenvalue weighted by Gasteiger charge is 2.20. The first kappa shape index (κ1) is 20.5. The normalized spacial score (nSPS) is 14.7.